The molecule has 2 unspecified atom stereocenters. The summed E-state index contributed by atoms with van der Waals surface area (Å²) in [5.74, 6) is -9.60. The second kappa shape index (κ2) is 41.8. The van der Waals surface area contributed by atoms with Crippen molar-refractivity contribution >= 4 is 75.4 Å². The molecule has 34 heteroatoms. The van der Waals surface area contributed by atoms with E-state index in [9.17, 15) is 63.0 Å². The van der Waals surface area contributed by atoms with E-state index in [2.05, 4.69) is 65.4 Å². The van der Waals surface area contributed by atoms with Gasteiger partial charge in [-0.25, -0.2) is 0 Å². The van der Waals surface area contributed by atoms with Crippen molar-refractivity contribution in [2.45, 2.75) is 205 Å². The number of hydrogen-bond donors (Lipinski definition) is 20. The van der Waals surface area contributed by atoms with Crippen molar-refractivity contribution in [1.82, 2.24) is 58.5 Å². The first kappa shape index (κ1) is 79.8. The quantitative estimate of drug-likeness (QED) is 0.0324. The maximum Gasteiger partial charge on any atom is 0.394 e. The summed E-state index contributed by atoms with van der Waals surface area (Å²) >= 11 is 0. The minimum Gasteiger partial charge on any atom is -0.391 e. The van der Waals surface area contributed by atoms with Gasteiger partial charge in [0.05, 0.1) is 12.2 Å². The Morgan fingerprint density at radius 3 is 1.35 bits per heavy atom. The number of aliphatic hydroxyl groups is 2. The number of carbonyl (C=O) groups excluding carboxylic acids is 11. The van der Waals surface area contributed by atoms with Gasteiger partial charge < -0.3 is 97.4 Å². The number of rotatable bonds is 28. The molecule has 25 N–H and O–H groups in total. The third-order valence-corrected chi connectivity index (χ3v) is 13.4. The van der Waals surface area contributed by atoms with E-state index >= 15 is 0 Å². The maximum absolute atomic E-state index is 14.4. The van der Waals surface area contributed by atoms with Crippen LogP contribution in [0.2, 0.25) is 0 Å². The topological polar surface area (TPSA) is 565 Å². The molecule has 0 radical (unpaired) electrons. The van der Waals surface area contributed by atoms with E-state index in [0.717, 1.165) is 12.8 Å². The van der Waals surface area contributed by atoms with Crippen LogP contribution in [0.4, 0.5) is 0 Å². The van der Waals surface area contributed by atoms with Crippen LogP contribution in [0.25, 0.3) is 0 Å². The molecule has 13 atom stereocenters. The Morgan fingerprint density at radius 1 is 0.547 bits per heavy atom. The van der Waals surface area contributed by atoms with Gasteiger partial charge in [0.2, 0.25) is 65.0 Å². The second-order valence-corrected chi connectivity index (χ2v) is 23.0. The third kappa shape index (κ3) is 32.5. The number of hydrogen-bond acceptors (Lipinski definition) is 20. The Bertz CT molecular complexity index is 2290. The molecule has 33 nitrogen and oxygen atoms in total. The minimum atomic E-state index is -4.67. The van der Waals surface area contributed by atoms with Gasteiger partial charge in [-0.15, -0.1) is 0 Å². The highest BCUT2D eigenvalue weighted by Gasteiger charge is 2.37. The zero-order valence-electron chi connectivity index (χ0n) is 50.8. The number of aliphatic hydroxyl groups excluding tert-OH is 2. The third-order valence-electron chi connectivity index (χ3n) is 13.4. The van der Waals surface area contributed by atoms with Crippen LogP contribution in [0.3, 0.4) is 0 Å². The van der Waals surface area contributed by atoms with Gasteiger partial charge in [-0.2, -0.15) is 8.42 Å². The summed E-state index contributed by atoms with van der Waals surface area (Å²) in [6.07, 6.45) is -1.79. The molecule has 1 rings (SSSR count). The molecule has 496 valence electrons. The highest BCUT2D eigenvalue weighted by atomic mass is 32.3. The molecule has 1 saturated heterocycles. The molecule has 11 amide bonds. The molecule has 0 aromatic carbocycles. The first-order chi connectivity index (χ1) is 40.2. The summed E-state index contributed by atoms with van der Waals surface area (Å²) in [4.78, 5) is 153. The lowest BCUT2D eigenvalue weighted by Crippen LogP contribution is -2.62. The van der Waals surface area contributed by atoms with Crippen LogP contribution in [0.15, 0.2) is 0 Å². The van der Waals surface area contributed by atoms with Gasteiger partial charge in [0.1, 0.15) is 60.4 Å². The monoisotopic (exact) mass is 1250 g/mol. The smallest absolute Gasteiger partial charge is 0.391 e. The summed E-state index contributed by atoms with van der Waals surface area (Å²) in [6, 6.07) is -14.5. The molecule has 86 heavy (non-hydrogen) atoms. The molecule has 0 aromatic heterocycles. The molecule has 0 saturated carbocycles. The lowest BCUT2D eigenvalue weighted by molar-refractivity contribution is -0.137. The zero-order chi connectivity index (χ0) is 66.0. The molecular formula is C52H100N16O17S. The van der Waals surface area contributed by atoms with Crippen LogP contribution >= 0.6 is 0 Å². The normalized spacial score (nSPS) is 22.9. The predicted octanol–water partition coefficient (Wildman–Crippen LogP) is -6.48. The SMILES string of the molecule is CCC(C)CCCC(=O)N[C@@H](CCN)C(=O)N[C@H](C(=O)N[C@@H](CCN)C(=O)N[C@H]1CCNC(=O)C([C@@H](C)O)NC(=O)[C@H](CCN)NC(=O)[C@H](CCN)NC(=O)[C@H](CC(C)C)NC(=O)[C@@H](CC(C)C)NC(=O)[C@H](CCN)NC1=O)[C@@H](C)O.O=S(=O)(O)O. The van der Waals surface area contributed by atoms with Crippen molar-refractivity contribution in [3.63, 3.8) is 0 Å². The summed E-state index contributed by atoms with van der Waals surface area (Å²) < 4.78 is 31.6. The fraction of sp³-hybridized carbons (Fsp3) is 0.788. The number of carbonyl (C=O) groups is 11. The van der Waals surface area contributed by atoms with Gasteiger partial charge in [0.25, 0.3) is 0 Å². The largest absolute Gasteiger partial charge is 0.394 e. The molecular weight excluding hydrogens is 1150 g/mol. The van der Waals surface area contributed by atoms with Gasteiger partial charge in [0, 0.05) is 13.0 Å². The Balaban J connectivity index is 0.0000138. The van der Waals surface area contributed by atoms with Crippen molar-refractivity contribution in [2.75, 3.05) is 39.3 Å². The first-order valence-electron chi connectivity index (χ1n) is 29.0. The van der Waals surface area contributed by atoms with Crippen molar-refractivity contribution in [3.8, 4) is 0 Å². The number of nitrogens with two attached hydrogens (primary N) is 5. The van der Waals surface area contributed by atoms with Gasteiger partial charge in [-0.3, -0.25) is 61.8 Å². The minimum absolute atomic E-state index is 0.0146. The average Bonchev–Trinajstić information content (AvgIpc) is 3.51. The van der Waals surface area contributed by atoms with Crippen molar-refractivity contribution in [1.29, 1.82) is 0 Å². The molecule has 1 heterocycles. The standard InChI is InChI=1S/C52H98N16O13.H2O4S/c1-9-29(6)11-10-12-40(71)59-32(13-19-53)47(76)68-42(31(8)70)52(81)64-35(16-22-56)44(73)63-37-18-24-58-51(80)41(30(7)69)67-48(77)36(17-23-57)61-43(72)33(14-20-54)62-49(78)38(25-27(2)3)66-50(79)39(26-28(4)5)65-45(74)34(15-21-55)60-46(37)75;1-5(2,3)4/h27-39,41-42,69-70H,9-26,53-57H2,1-8H3,(H,58,80)(H,59,71)(H,60,75)(H,61,72)(H,62,78)(H,63,73)(H,64,81)(H,65,74)(H,66,79)(H,67,77)(H,68,76);(H2,1,2,3,4)/t29?,30-,31-,32+,33+,34+,35+,36+,37+,38+,39-,41?,42+;/m1./s1. The van der Waals surface area contributed by atoms with Gasteiger partial charge in [-0.1, -0.05) is 54.4 Å². The fourth-order valence-electron chi connectivity index (χ4n) is 8.60. The summed E-state index contributed by atoms with van der Waals surface area (Å²) in [7, 11) is -4.67. The first-order valence-corrected chi connectivity index (χ1v) is 30.4. The van der Waals surface area contributed by atoms with E-state index in [1.165, 1.54) is 13.8 Å². The maximum atomic E-state index is 14.4. The Labute approximate surface area is 503 Å². The van der Waals surface area contributed by atoms with E-state index < -0.39 is 161 Å². The molecule has 1 aliphatic heterocycles. The predicted molar refractivity (Wildman–Crippen MR) is 315 cm³/mol. The fourth-order valence-corrected chi connectivity index (χ4v) is 8.60. The molecule has 0 aromatic rings. The Kier molecular flexibility index (Phi) is 38.8. The van der Waals surface area contributed by atoms with Crippen molar-refractivity contribution < 1.29 is 80.5 Å². The van der Waals surface area contributed by atoms with Gasteiger partial charge >= 0.3 is 10.4 Å². The van der Waals surface area contributed by atoms with E-state index in [-0.39, 0.29) is 95.9 Å². The molecule has 1 fully saturated rings. The summed E-state index contributed by atoms with van der Waals surface area (Å²) in [5.41, 5.74) is 29.2. The van der Waals surface area contributed by atoms with Crippen molar-refractivity contribution in [2.24, 2.45) is 46.4 Å². The molecule has 0 aliphatic carbocycles. The lowest BCUT2D eigenvalue weighted by Gasteiger charge is -2.29. The van der Waals surface area contributed by atoms with Crippen LogP contribution in [0.1, 0.15) is 132 Å². The number of nitrogens with one attached hydrogen (secondary N) is 11. The molecule has 0 spiro atoms. The Hall–Kier alpha value is -6.24. The highest BCUT2D eigenvalue weighted by molar-refractivity contribution is 7.79. The highest BCUT2D eigenvalue weighted by Crippen LogP contribution is 2.13. The van der Waals surface area contributed by atoms with Gasteiger partial charge in [-0.05, 0) is 122 Å². The second-order valence-electron chi connectivity index (χ2n) is 22.1. The van der Waals surface area contributed by atoms with Gasteiger partial charge in [0.15, 0.2) is 0 Å². The van der Waals surface area contributed by atoms with Crippen LogP contribution in [-0.4, -0.2) is 205 Å². The van der Waals surface area contributed by atoms with E-state index in [1.54, 1.807) is 27.7 Å². The molecule has 0 bridgehead atoms. The van der Waals surface area contributed by atoms with Crippen LogP contribution < -0.4 is 87.2 Å². The number of amides is 11. The van der Waals surface area contributed by atoms with Crippen molar-refractivity contribution in [3.05, 3.63) is 0 Å². The summed E-state index contributed by atoms with van der Waals surface area (Å²) in [5, 5.41) is 49.5. The van der Waals surface area contributed by atoms with E-state index in [0.29, 0.717) is 12.3 Å². The summed E-state index contributed by atoms with van der Waals surface area (Å²) in [6.45, 7) is 12.5. The molecule has 1 aliphatic rings. The van der Waals surface area contributed by atoms with E-state index in [4.69, 9.17) is 46.2 Å². The van der Waals surface area contributed by atoms with Crippen LogP contribution in [0, 0.1) is 17.8 Å². The van der Waals surface area contributed by atoms with Crippen LogP contribution in [-0.2, 0) is 63.1 Å². The lowest BCUT2D eigenvalue weighted by atomic mass is 9.99. The average molecular weight is 1250 g/mol. The van der Waals surface area contributed by atoms with E-state index in [1.807, 2.05) is 6.92 Å². The zero-order valence-corrected chi connectivity index (χ0v) is 51.6. The van der Waals surface area contributed by atoms with Crippen LogP contribution in [0.5, 0.6) is 0 Å². The Morgan fingerprint density at radius 2 is 0.953 bits per heavy atom.